The van der Waals surface area contributed by atoms with Gasteiger partial charge < -0.3 is 9.47 Å². The third kappa shape index (κ3) is 2.76. The Morgan fingerprint density at radius 2 is 1.79 bits per heavy atom. The third-order valence-corrected chi connectivity index (χ3v) is 2.79. The molecule has 0 bridgehead atoms. The molecule has 3 nitrogen and oxygen atoms in total. The van der Waals surface area contributed by atoms with Gasteiger partial charge in [0.25, 0.3) is 0 Å². The molecule has 19 heavy (non-hydrogen) atoms. The largest absolute Gasteiger partial charge is 0.492 e. The van der Waals surface area contributed by atoms with E-state index < -0.39 is 0 Å². The van der Waals surface area contributed by atoms with Crippen molar-refractivity contribution in [2.45, 2.75) is 6.92 Å². The number of hydrogen-bond donors (Lipinski definition) is 0. The minimum Gasteiger partial charge on any atom is -0.492 e. The quantitative estimate of drug-likeness (QED) is 0.785. The van der Waals surface area contributed by atoms with E-state index in [4.69, 9.17) is 9.47 Å². The maximum atomic E-state index is 11.8. The van der Waals surface area contributed by atoms with Crippen LogP contribution < -0.4 is 4.74 Å². The van der Waals surface area contributed by atoms with Crippen LogP contribution in [0.1, 0.15) is 17.3 Å². The summed E-state index contributed by atoms with van der Waals surface area (Å²) >= 11 is 0. The molecule has 0 aromatic heterocycles. The highest BCUT2D eigenvalue weighted by atomic mass is 16.5. The van der Waals surface area contributed by atoms with Gasteiger partial charge in [0, 0.05) is 5.56 Å². The van der Waals surface area contributed by atoms with Crippen LogP contribution in [0.4, 0.5) is 0 Å². The molecule has 0 saturated heterocycles. The van der Waals surface area contributed by atoms with Crippen molar-refractivity contribution < 1.29 is 14.3 Å². The summed E-state index contributed by atoms with van der Waals surface area (Å²) in [7, 11) is 1.37. The lowest BCUT2D eigenvalue weighted by atomic mass is 10.0. The fourth-order valence-electron chi connectivity index (χ4n) is 1.95. The van der Waals surface area contributed by atoms with Gasteiger partial charge in [0.2, 0.25) is 0 Å². The Hall–Kier alpha value is -2.29. The second-order valence-electron chi connectivity index (χ2n) is 3.97. The molecule has 0 saturated carbocycles. The van der Waals surface area contributed by atoms with Crippen LogP contribution in [0, 0.1) is 0 Å². The third-order valence-electron chi connectivity index (χ3n) is 2.79. The molecule has 0 spiro atoms. The van der Waals surface area contributed by atoms with E-state index in [1.807, 2.05) is 49.4 Å². The number of carbonyl (C=O) groups is 1. The van der Waals surface area contributed by atoms with Crippen molar-refractivity contribution in [2.75, 3.05) is 13.7 Å². The van der Waals surface area contributed by atoms with Gasteiger partial charge in [0.15, 0.2) is 0 Å². The van der Waals surface area contributed by atoms with Gasteiger partial charge in [-0.3, -0.25) is 0 Å². The molecule has 0 aliphatic rings. The first-order chi connectivity index (χ1) is 9.27. The summed E-state index contributed by atoms with van der Waals surface area (Å²) in [5.41, 5.74) is 2.35. The van der Waals surface area contributed by atoms with Crippen LogP contribution in [0.5, 0.6) is 5.75 Å². The van der Waals surface area contributed by atoms with Gasteiger partial charge in [0.05, 0.1) is 13.7 Å². The van der Waals surface area contributed by atoms with Crippen LogP contribution in [0.3, 0.4) is 0 Å². The van der Waals surface area contributed by atoms with E-state index in [9.17, 15) is 4.79 Å². The maximum absolute atomic E-state index is 11.8. The van der Waals surface area contributed by atoms with Gasteiger partial charge in [-0.2, -0.15) is 0 Å². The zero-order valence-corrected chi connectivity index (χ0v) is 11.1. The SMILES string of the molecule is CCOc1c(C(=O)OC)cccc1-c1ccccc1. The number of carbonyl (C=O) groups excluding carboxylic acids is 1. The fraction of sp³-hybridized carbons (Fsp3) is 0.188. The topological polar surface area (TPSA) is 35.5 Å². The van der Waals surface area contributed by atoms with Gasteiger partial charge in [-0.05, 0) is 18.6 Å². The van der Waals surface area contributed by atoms with Crippen molar-refractivity contribution in [3.8, 4) is 16.9 Å². The molecule has 0 unspecified atom stereocenters. The Labute approximate surface area is 112 Å². The zero-order chi connectivity index (χ0) is 13.7. The highest BCUT2D eigenvalue weighted by Gasteiger charge is 2.17. The van der Waals surface area contributed by atoms with E-state index in [1.54, 1.807) is 6.07 Å². The van der Waals surface area contributed by atoms with Crippen molar-refractivity contribution in [2.24, 2.45) is 0 Å². The normalized spacial score (nSPS) is 10.0. The summed E-state index contributed by atoms with van der Waals surface area (Å²) < 4.78 is 10.4. The molecule has 0 atom stereocenters. The molecule has 98 valence electrons. The molecule has 0 aliphatic heterocycles. The van der Waals surface area contributed by atoms with Gasteiger partial charge in [-0.25, -0.2) is 4.79 Å². The first kappa shape index (κ1) is 13.1. The summed E-state index contributed by atoms with van der Waals surface area (Å²) in [5, 5.41) is 0. The molecule has 2 rings (SSSR count). The first-order valence-electron chi connectivity index (χ1n) is 6.17. The molecule has 0 amide bonds. The molecule has 3 heteroatoms. The second-order valence-corrected chi connectivity index (χ2v) is 3.97. The summed E-state index contributed by atoms with van der Waals surface area (Å²) in [6, 6.07) is 15.3. The highest BCUT2D eigenvalue weighted by molar-refractivity contribution is 5.95. The lowest BCUT2D eigenvalue weighted by Crippen LogP contribution is -2.06. The zero-order valence-electron chi connectivity index (χ0n) is 11.1. The number of ether oxygens (including phenoxy) is 2. The predicted molar refractivity (Wildman–Crippen MR) is 74.4 cm³/mol. The number of benzene rings is 2. The van der Waals surface area contributed by atoms with Crippen LogP contribution in [0.25, 0.3) is 11.1 Å². The van der Waals surface area contributed by atoms with Crippen LogP contribution in [0.2, 0.25) is 0 Å². The number of rotatable bonds is 4. The van der Waals surface area contributed by atoms with Crippen LogP contribution in [-0.2, 0) is 4.74 Å². The van der Waals surface area contributed by atoms with Crippen molar-refractivity contribution in [1.82, 2.24) is 0 Å². The Balaban J connectivity index is 2.58. The minimum atomic E-state index is -0.388. The van der Waals surface area contributed by atoms with E-state index in [1.165, 1.54) is 7.11 Å². The van der Waals surface area contributed by atoms with Crippen molar-refractivity contribution in [3.63, 3.8) is 0 Å². The molecule has 0 heterocycles. The highest BCUT2D eigenvalue weighted by Crippen LogP contribution is 2.33. The molecule has 0 N–H and O–H groups in total. The Kier molecular flexibility index (Phi) is 4.18. The van der Waals surface area contributed by atoms with Crippen LogP contribution >= 0.6 is 0 Å². The lowest BCUT2D eigenvalue weighted by Gasteiger charge is -2.14. The van der Waals surface area contributed by atoms with Crippen LogP contribution in [-0.4, -0.2) is 19.7 Å². The standard InChI is InChI=1S/C16H16O3/c1-3-19-15-13(12-8-5-4-6-9-12)10-7-11-14(15)16(17)18-2/h4-11H,3H2,1-2H3. The van der Waals surface area contributed by atoms with E-state index in [2.05, 4.69) is 0 Å². The van der Waals surface area contributed by atoms with Gasteiger partial charge in [0.1, 0.15) is 11.3 Å². The van der Waals surface area contributed by atoms with Crippen molar-refractivity contribution >= 4 is 5.97 Å². The number of methoxy groups -OCH3 is 1. The van der Waals surface area contributed by atoms with Gasteiger partial charge in [-0.1, -0.05) is 42.5 Å². The maximum Gasteiger partial charge on any atom is 0.341 e. The van der Waals surface area contributed by atoms with Gasteiger partial charge >= 0.3 is 5.97 Å². The summed E-state index contributed by atoms with van der Waals surface area (Å²) in [4.78, 5) is 11.8. The molecule has 0 fully saturated rings. The molecule has 0 aliphatic carbocycles. The number of hydrogen-bond acceptors (Lipinski definition) is 3. The molecule has 2 aromatic rings. The second kappa shape index (κ2) is 6.05. The molecular formula is C16H16O3. The van der Waals surface area contributed by atoms with E-state index in [0.29, 0.717) is 17.9 Å². The Bertz CT molecular complexity index is 561. The minimum absolute atomic E-state index is 0.388. The number of para-hydroxylation sites is 1. The van der Waals surface area contributed by atoms with Crippen LogP contribution in [0.15, 0.2) is 48.5 Å². The predicted octanol–water partition coefficient (Wildman–Crippen LogP) is 3.54. The average Bonchev–Trinajstić information content (AvgIpc) is 2.48. The van der Waals surface area contributed by atoms with Gasteiger partial charge in [-0.15, -0.1) is 0 Å². The Morgan fingerprint density at radius 3 is 2.42 bits per heavy atom. The summed E-state index contributed by atoms with van der Waals surface area (Å²) in [6.07, 6.45) is 0. The molecule has 2 aromatic carbocycles. The van der Waals surface area contributed by atoms with Crippen molar-refractivity contribution in [3.05, 3.63) is 54.1 Å². The monoisotopic (exact) mass is 256 g/mol. The molecular weight excluding hydrogens is 240 g/mol. The first-order valence-corrected chi connectivity index (χ1v) is 6.17. The number of esters is 1. The Morgan fingerprint density at radius 1 is 1.05 bits per heavy atom. The lowest BCUT2D eigenvalue weighted by molar-refractivity contribution is 0.0596. The van der Waals surface area contributed by atoms with Crippen molar-refractivity contribution in [1.29, 1.82) is 0 Å². The van der Waals surface area contributed by atoms with E-state index in [0.717, 1.165) is 11.1 Å². The van der Waals surface area contributed by atoms with E-state index in [-0.39, 0.29) is 5.97 Å². The summed E-state index contributed by atoms with van der Waals surface area (Å²) in [5.74, 6) is 0.185. The molecule has 0 radical (unpaired) electrons. The smallest absolute Gasteiger partial charge is 0.341 e. The van der Waals surface area contributed by atoms with E-state index >= 15 is 0 Å². The fourth-order valence-corrected chi connectivity index (χ4v) is 1.95. The summed E-state index contributed by atoms with van der Waals surface area (Å²) in [6.45, 7) is 2.39. The average molecular weight is 256 g/mol.